The van der Waals surface area contributed by atoms with Crippen molar-refractivity contribution in [2.24, 2.45) is 5.92 Å². The van der Waals surface area contributed by atoms with Gasteiger partial charge in [-0.15, -0.1) is 0 Å². The zero-order valence-corrected chi connectivity index (χ0v) is 11.5. The molecule has 0 saturated carbocycles. The minimum Gasteiger partial charge on any atom is -0.388 e. The zero-order chi connectivity index (χ0) is 15.9. The van der Waals surface area contributed by atoms with Gasteiger partial charge in [-0.2, -0.15) is 13.2 Å². The Morgan fingerprint density at radius 1 is 1.05 bits per heavy atom. The predicted molar refractivity (Wildman–Crippen MR) is 74.4 cm³/mol. The van der Waals surface area contributed by atoms with Crippen LogP contribution in [0.1, 0.15) is 33.2 Å². The summed E-state index contributed by atoms with van der Waals surface area (Å²) in [5.41, 5.74) is 0.991. The van der Waals surface area contributed by atoms with Gasteiger partial charge in [-0.05, 0) is 29.7 Å². The Hall–Kier alpha value is -2.14. The highest BCUT2D eigenvalue weighted by atomic mass is 19.4. The van der Waals surface area contributed by atoms with E-state index in [1.807, 2.05) is 12.1 Å². The fraction of sp³-hybridized carbons (Fsp3) is 0.235. The minimum absolute atomic E-state index is 0.164. The van der Waals surface area contributed by atoms with Gasteiger partial charge in [0.05, 0.1) is 17.6 Å². The lowest BCUT2D eigenvalue weighted by Crippen LogP contribution is -2.19. The lowest BCUT2D eigenvalue weighted by Gasteiger charge is -2.17. The highest BCUT2D eigenvalue weighted by Crippen LogP contribution is 2.36. The van der Waals surface area contributed by atoms with Crippen LogP contribution < -0.4 is 0 Å². The molecule has 2 atom stereocenters. The molecular weight excluding hydrogens is 293 g/mol. The number of ketones is 1. The lowest BCUT2D eigenvalue weighted by atomic mass is 9.92. The van der Waals surface area contributed by atoms with Crippen molar-refractivity contribution < 1.29 is 23.1 Å². The van der Waals surface area contributed by atoms with E-state index >= 15 is 0 Å². The largest absolute Gasteiger partial charge is 0.416 e. The van der Waals surface area contributed by atoms with Crippen molar-refractivity contribution in [3.8, 4) is 0 Å². The zero-order valence-electron chi connectivity index (χ0n) is 11.5. The molecule has 22 heavy (non-hydrogen) atoms. The molecule has 0 fully saturated rings. The van der Waals surface area contributed by atoms with E-state index in [4.69, 9.17) is 0 Å². The number of carbonyl (C=O) groups is 1. The Morgan fingerprint density at radius 3 is 2.27 bits per heavy atom. The van der Waals surface area contributed by atoms with E-state index in [1.54, 1.807) is 12.1 Å². The molecule has 1 N–H and O–H groups in total. The van der Waals surface area contributed by atoms with Crippen molar-refractivity contribution in [2.75, 3.05) is 0 Å². The molecule has 0 aromatic heterocycles. The fourth-order valence-electron chi connectivity index (χ4n) is 2.82. The molecule has 114 valence electrons. The van der Waals surface area contributed by atoms with Crippen molar-refractivity contribution in [1.82, 2.24) is 0 Å². The van der Waals surface area contributed by atoms with E-state index in [1.165, 1.54) is 12.1 Å². The molecule has 2 aromatic rings. The second-order valence-corrected chi connectivity index (χ2v) is 5.40. The van der Waals surface area contributed by atoms with Gasteiger partial charge in [0.2, 0.25) is 0 Å². The maximum Gasteiger partial charge on any atom is 0.416 e. The summed E-state index contributed by atoms with van der Waals surface area (Å²) >= 11 is 0. The first-order chi connectivity index (χ1) is 10.4. The smallest absolute Gasteiger partial charge is 0.388 e. The first-order valence-electron chi connectivity index (χ1n) is 6.85. The summed E-state index contributed by atoms with van der Waals surface area (Å²) in [7, 11) is 0. The molecule has 0 radical (unpaired) electrons. The molecule has 0 bridgehead atoms. The summed E-state index contributed by atoms with van der Waals surface area (Å²) in [5, 5.41) is 10.4. The van der Waals surface area contributed by atoms with E-state index in [2.05, 4.69) is 0 Å². The molecule has 0 saturated heterocycles. The Kier molecular flexibility index (Phi) is 3.53. The van der Waals surface area contributed by atoms with Crippen molar-refractivity contribution in [3.63, 3.8) is 0 Å². The Balaban J connectivity index is 1.84. The molecule has 0 spiro atoms. The van der Waals surface area contributed by atoms with Gasteiger partial charge < -0.3 is 5.11 Å². The number of aliphatic hydroxyl groups is 1. The molecule has 5 heteroatoms. The van der Waals surface area contributed by atoms with Crippen LogP contribution in [0.4, 0.5) is 13.2 Å². The highest BCUT2D eigenvalue weighted by molar-refractivity contribution is 6.02. The number of benzene rings is 2. The van der Waals surface area contributed by atoms with Crippen LogP contribution >= 0.6 is 0 Å². The Labute approximate surface area is 125 Å². The first-order valence-corrected chi connectivity index (χ1v) is 6.85. The summed E-state index contributed by atoms with van der Waals surface area (Å²) in [4.78, 5) is 12.3. The third-order valence-electron chi connectivity index (χ3n) is 4.02. The van der Waals surface area contributed by atoms with Gasteiger partial charge in [0.15, 0.2) is 5.78 Å². The Bertz CT molecular complexity index is 705. The van der Waals surface area contributed by atoms with Crippen LogP contribution in [-0.4, -0.2) is 10.9 Å². The number of carbonyl (C=O) groups excluding carboxylic acids is 1. The van der Waals surface area contributed by atoms with E-state index < -0.39 is 23.8 Å². The second-order valence-electron chi connectivity index (χ2n) is 5.40. The van der Waals surface area contributed by atoms with Crippen molar-refractivity contribution in [3.05, 3.63) is 70.8 Å². The number of hydrogen-bond donors (Lipinski definition) is 1. The van der Waals surface area contributed by atoms with E-state index in [-0.39, 0.29) is 5.78 Å². The standard InChI is InChI=1S/C17H13F3O2/c18-17(19,20)12-7-5-10(6-8-12)15(21)14-9-11-3-1-2-4-13(11)16(14)22/h1-8,14-15,21H,9H2. The molecule has 2 nitrogen and oxygen atoms in total. The number of hydrogen-bond acceptors (Lipinski definition) is 2. The average molecular weight is 306 g/mol. The molecule has 0 amide bonds. The van der Waals surface area contributed by atoms with Gasteiger partial charge in [-0.1, -0.05) is 36.4 Å². The van der Waals surface area contributed by atoms with Gasteiger partial charge in [0.1, 0.15) is 0 Å². The fourth-order valence-corrected chi connectivity index (χ4v) is 2.82. The minimum atomic E-state index is -4.41. The number of halogens is 3. The molecule has 3 rings (SSSR count). The SMILES string of the molecule is O=C1c2ccccc2CC1C(O)c1ccc(C(F)(F)F)cc1. The number of fused-ring (bicyclic) bond motifs is 1. The monoisotopic (exact) mass is 306 g/mol. The Morgan fingerprint density at radius 2 is 1.68 bits per heavy atom. The summed E-state index contributed by atoms with van der Waals surface area (Å²) in [5.74, 6) is -0.808. The van der Waals surface area contributed by atoms with Gasteiger partial charge in [0.25, 0.3) is 0 Å². The maximum atomic E-state index is 12.5. The van der Waals surface area contributed by atoms with Crippen LogP contribution in [0, 0.1) is 5.92 Å². The van der Waals surface area contributed by atoms with E-state index in [0.29, 0.717) is 17.5 Å². The van der Waals surface area contributed by atoms with Gasteiger partial charge in [-0.25, -0.2) is 0 Å². The second kappa shape index (κ2) is 5.25. The molecule has 0 aliphatic heterocycles. The van der Waals surface area contributed by atoms with E-state index in [0.717, 1.165) is 17.7 Å². The van der Waals surface area contributed by atoms with Gasteiger partial charge in [-0.3, -0.25) is 4.79 Å². The van der Waals surface area contributed by atoms with Crippen LogP contribution in [0.3, 0.4) is 0 Å². The average Bonchev–Trinajstić information content (AvgIpc) is 2.83. The maximum absolute atomic E-state index is 12.5. The van der Waals surface area contributed by atoms with Crippen molar-refractivity contribution in [2.45, 2.75) is 18.7 Å². The van der Waals surface area contributed by atoms with Crippen LogP contribution in [-0.2, 0) is 12.6 Å². The topological polar surface area (TPSA) is 37.3 Å². The van der Waals surface area contributed by atoms with Crippen LogP contribution in [0.25, 0.3) is 0 Å². The number of rotatable bonds is 2. The predicted octanol–water partition coefficient (Wildman–Crippen LogP) is 3.79. The van der Waals surface area contributed by atoms with Gasteiger partial charge >= 0.3 is 6.18 Å². The van der Waals surface area contributed by atoms with Crippen LogP contribution in [0.5, 0.6) is 0 Å². The lowest BCUT2D eigenvalue weighted by molar-refractivity contribution is -0.137. The summed E-state index contributed by atoms with van der Waals surface area (Å²) in [6, 6.07) is 11.4. The van der Waals surface area contributed by atoms with E-state index in [9.17, 15) is 23.1 Å². The normalized spacial score (nSPS) is 19.1. The van der Waals surface area contributed by atoms with Crippen molar-refractivity contribution >= 4 is 5.78 Å². The number of Topliss-reactive ketones (excluding diaryl/α,β-unsaturated/α-hetero) is 1. The molecule has 2 aromatic carbocycles. The first kappa shape index (κ1) is 14.8. The number of aliphatic hydroxyl groups excluding tert-OH is 1. The molecule has 1 aliphatic rings. The summed E-state index contributed by atoms with van der Waals surface area (Å²) in [6.07, 6.45) is -5.12. The molecule has 0 heterocycles. The van der Waals surface area contributed by atoms with Crippen LogP contribution in [0.2, 0.25) is 0 Å². The quantitative estimate of drug-likeness (QED) is 0.916. The molecular formula is C17H13F3O2. The summed E-state index contributed by atoms with van der Waals surface area (Å²) < 4.78 is 37.6. The summed E-state index contributed by atoms with van der Waals surface area (Å²) in [6.45, 7) is 0. The molecule has 2 unspecified atom stereocenters. The molecule has 1 aliphatic carbocycles. The van der Waals surface area contributed by atoms with Crippen molar-refractivity contribution in [1.29, 1.82) is 0 Å². The third-order valence-corrected chi connectivity index (χ3v) is 4.02. The van der Waals surface area contributed by atoms with Crippen LogP contribution in [0.15, 0.2) is 48.5 Å². The highest BCUT2D eigenvalue weighted by Gasteiger charge is 2.36. The number of alkyl halides is 3. The third kappa shape index (κ3) is 2.52. The van der Waals surface area contributed by atoms with Gasteiger partial charge in [0, 0.05) is 5.56 Å².